The molecule has 0 spiro atoms. The summed E-state index contributed by atoms with van der Waals surface area (Å²) in [6.45, 7) is 0.701. The van der Waals surface area contributed by atoms with Gasteiger partial charge in [0.1, 0.15) is 0 Å². The number of nitrogens with zero attached hydrogens (tertiary/aromatic N) is 1. The first kappa shape index (κ1) is 9.56. The van der Waals surface area contributed by atoms with E-state index in [1.54, 1.807) is 0 Å². The van der Waals surface area contributed by atoms with E-state index in [-0.39, 0.29) is 0 Å². The Bertz CT molecular complexity index is 425. The van der Waals surface area contributed by atoms with Crippen LogP contribution in [0.1, 0.15) is 12.8 Å². The van der Waals surface area contributed by atoms with E-state index in [9.17, 15) is 0 Å². The van der Waals surface area contributed by atoms with Gasteiger partial charge in [0.05, 0.1) is 16.6 Å². The molecule has 0 saturated heterocycles. The summed E-state index contributed by atoms with van der Waals surface area (Å²) in [7, 11) is 0. The topological polar surface area (TPSA) is 3.24 Å². The van der Waals surface area contributed by atoms with Gasteiger partial charge in [-0.25, -0.2) is 0 Å². The average molecular weight is 240 g/mol. The molecule has 0 aromatic carbocycles. The van der Waals surface area contributed by atoms with Crippen LogP contribution in [0.3, 0.4) is 0 Å². The predicted molar refractivity (Wildman–Crippen MR) is 63.5 cm³/mol. The molecule has 3 rings (SSSR count). The van der Waals surface area contributed by atoms with Crippen molar-refractivity contribution in [3.05, 3.63) is 45.8 Å². The van der Waals surface area contributed by atoms with Gasteiger partial charge in [0.15, 0.2) is 0 Å². The fourth-order valence-electron chi connectivity index (χ4n) is 2.10. The van der Waals surface area contributed by atoms with Gasteiger partial charge in [-0.2, -0.15) is 0 Å². The highest BCUT2D eigenvalue weighted by molar-refractivity contribution is 6.41. The Morgan fingerprint density at radius 2 is 2.00 bits per heavy atom. The van der Waals surface area contributed by atoms with Crippen molar-refractivity contribution in [2.45, 2.75) is 12.8 Å². The second-order valence-corrected chi connectivity index (χ2v) is 4.95. The summed E-state index contributed by atoms with van der Waals surface area (Å²) >= 11 is 12.5. The number of hydrogen-bond donors (Lipinski definition) is 0. The van der Waals surface area contributed by atoms with Gasteiger partial charge in [-0.1, -0.05) is 29.3 Å². The van der Waals surface area contributed by atoms with E-state index >= 15 is 0 Å². The molecule has 0 unspecified atom stereocenters. The SMILES string of the molecule is ClC1=C(Cl)C(C2CC2)=C2C=CC=CN2C1. The van der Waals surface area contributed by atoms with E-state index in [1.807, 2.05) is 6.08 Å². The zero-order valence-corrected chi connectivity index (χ0v) is 9.72. The molecule has 1 saturated carbocycles. The van der Waals surface area contributed by atoms with Crippen LogP contribution in [0, 0.1) is 5.92 Å². The second-order valence-electron chi connectivity index (χ2n) is 4.12. The number of hydrogen-bond acceptors (Lipinski definition) is 1. The Kier molecular flexibility index (Phi) is 2.18. The molecule has 0 bridgehead atoms. The summed E-state index contributed by atoms with van der Waals surface area (Å²) in [6.07, 6.45) is 10.7. The lowest BCUT2D eigenvalue weighted by atomic mass is 10.0. The summed E-state index contributed by atoms with van der Waals surface area (Å²) in [5.41, 5.74) is 2.47. The summed E-state index contributed by atoms with van der Waals surface area (Å²) < 4.78 is 0. The van der Waals surface area contributed by atoms with Gasteiger partial charge in [0.2, 0.25) is 0 Å². The molecule has 0 radical (unpaired) electrons. The summed E-state index contributed by atoms with van der Waals surface area (Å²) in [6, 6.07) is 0. The summed E-state index contributed by atoms with van der Waals surface area (Å²) in [5, 5.41) is 1.55. The Hall–Kier alpha value is -0.660. The van der Waals surface area contributed by atoms with Crippen LogP contribution in [0.4, 0.5) is 0 Å². The van der Waals surface area contributed by atoms with E-state index < -0.39 is 0 Å². The van der Waals surface area contributed by atoms with Crippen molar-refractivity contribution in [2.24, 2.45) is 5.92 Å². The largest absolute Gasteiger partial charge is 0.342 e. The smallest absolute Gasteiger partial charge is 0.0625 e. The fraction of sp³-hybridized carbons (Fsp3) is 0.333. The molecular weight excluding hydrogens is 229 g/mol. The minimum absolute atomic E-state index is 0.625. The molecule has 2 aliphatic heterocycles. The van der Waals surface area contributed by atoms with Crippen molar-refractivity contribution in [1.82, 2.24) is 4.90 Å². The summed E-state index contributed by atoms with van der Waals surface area (Å²) in [4.78, 5) is 2.17. The van der Waals surface area contributed by atoms with Crippen LogP contribution in [-0.2, 0) is 0 Å². The zero-order chi connectivity index (χ0) is 10.4. The molecule has 0 N–H and O–H groups in total. The number of allylic oxidation sites excluding steroid dienone is 5. The van der Waals surface area contributed by atoms with Gasteiger partial charge in [0.25, 0.3) is 0 Å². The predicted octanol–water partition coefficient (Wildman–Crippen LogP) is 3.74. The van der Waals surface area contributed by atoms with E-state index in [0.29, 0.717) is 12.5 Å². The fourth-order valence-corrected chi connectivity index (χ4v) is 2.64. The molecule has 1 nitrogen and oxygen atoms in total. The van der Waals surface area contributed by atoms with Crippen LogP contribution in [-0.4, -0.2) is 11.4 Å². The van der Waals surface area contributed by atoms with Crippen LogP contribution < -0.4 is 0 Å². The van der Waals surface area contributed by atoms with Crippen LogP contribution >= 0.6 is 23.2 Å². The molecule has 0 aromatic rings. The third-order valence-electron chi connectivity index (χ3n) is 2.99. The summed E-state index contributed by atoms with van der Waals surface area (Å²) in [5.74, 6) is 0.625. The quantitative estimate of drug-likeness (QED) is 0.674. The highest BCUT2D eigenvalue weighted by Crippen LogP contribution is 2.47. The van der Waals surface area contributed by atoms with Crippen molar-refractivity contribution in [3.63, 3.8) is 0 Å². The number of fused-ring (bicyclic) bond motifs is 1. The van der Waals surface area contributed by atoms with Gasteiger partial charge in [-0.3, -0.25) is 0 Å². The van der Waals surface area contributed by atoms with Crippen LogP contribution in [0.2, 0.25) is 0 Å². The van der Waals surface area contributed by atoms with Crippen LogP contribution in [0.25, 0.3) is 0 Å². The standard InChI is InChI=1S/C12H11Cl2N/c13-9-7-15-6-2-1-3-10(15)11(12(9)14)8-4-5-8/h1-3,6,8H,4-5,7H2. The lowest BCUT2D eigenvalue weighted by Gasteiger charge is -2.31. The van der Waals surface area contributed by atoms with Crippen LogP contribution in [0.15, 0.2) is 45.8 Å². The van der Waals surface area contributed by atoms with Crippen molar-refractivity contribution >= 4 is 23.2 Å². The van der Waals surface area contributed by atoms with Crippen molar-refractivity contribution in [3.8, 4) is 0 Å². The van der Waals surface area contributed by atoms with Crippen molar-refractivity contribution < 1.29 is 0 Å². The highest BCUT2D eigenvalue weighted by Gasteiger charge is 2.34. The maximum atomic E-state index is 6.29. The lowest BCUT2D eigenvalue weighted by molar-refractivity contribution is 0.506. The van der Waals surface area contributed by atoms with E-state index in [0.717, 1.165) is 10.1 Å². The third kappa shape index (κ3) is 1.54. The van der Waals surface area contributed by atoms with Crippen molar-refractivity contribution in [2.75, 3.05) is 6.54 Å². The lowest BCUT2D eigenvalue weighted by Crippen LogP contribution is -2.25. The van der Waals surface area contributed by atoms with Gasteiger partial charge in [0, 0.05) is 11.9 Å². The first-order valence-corrected chi connectivity index (χ1v) is 5.93. The first-order valence-electron chi connectivity index (χ1n) is 5.17. The number of halogens is 2. The Morgan fingerprint density at radius 3 is 2.73 bits per heavy atom. The molecule has 78 valence electrons. The average Bonchev–Trinajstić information content (AvgIpc) is 3.04. The molecule has 1 fully saturated rings. The van der Waals surface area contributed by atoms with Gasteiger partial charge >= 0.3 is 0 Å². The Labute approximate surface area is 99.3 Å². The molecular formula is C12H11Cl2N. The normalized spacial score (nSPS) is 25.1. The number of rotatable bonds is 1. The van der Waals surface area contributed by atoms with Gasteiger partial charge in [-0.15, -0.1) is 0 Å². The molecule has 0 aromatic heterocycles. The van der Waals surface area contributed by atoms with Crippen LogP contribution in [0.5, 0.6) is 0 Å². The molecule has 3 heteroatoms. The minimum atomic E-state index is 0.625. The maximum absolute atomic E-state index is 6.29. The molecule has 0 atom stereocenters. The van der Waals surface area contributed by atoms with Crippen molar-refractivity contribution in [1.29, 1.82) is 0 Å². The van der Waals surface area contributed by atoms with E-state index in [1.165, 1.54) is 24.1 Å². The van der Waals surface area contributed by atoms with Gasteiger partial charge < -0.3 is 4.90 Å². The molecule has 0 amide bonds. The maximum Gasteiger partial charge on any atom is 0.0625 e. The highest BCUT2D eigenvalue weighted by atomic mass is 35.5. The molecule has 2 heterocycles. The van der Waals surface area contributed by atoms with E-state index in [2.05, 4.69) is 23.3 Å². The van der Waals surface area contributed by atoms with Gasteiger partial charge in [-0.05, 0) is 36.5 Å². The first-order chi connectivity index (χ1) is 7.27. The zero-order valence-electron chi connectivity index (χ0n) is 8.21. The molecule has 3 aliphatic rings. The monoisotopic (exact) mass is 239 g/mol. The second kappa shape index (κ2) is 3.43. The van der Waals surface area contributed by atoms with E-state index in [4.69, 9.17) is 23.2 Å². The molecule has 1 aliphatic carbocycles. The Morgan fingerprint density at radius 1 is 1.20 bits per heavy atom. The molecule has 15 heavy (non-hydrogen) atoms. The Balaban J connectivity index is 2.12. The third-order valence-corrected chi connectivity index (χ3v) is 3.82. The minimum Gasteiger partial charge on any atom is -0.342 e.